The minimum Gasteiger partial charge on any atom is -0.337 e. The lowest BCUT2D eigenvalue weighted by Crippen LogP contribution is -2.25. The molecule has 0 fully saturated rings. The molecule has 1 aromatic carbocycles. The van der Waals surface area contributed by atoms with E-state index in [1.165, 1.54) is 13.0 Å². The summed E-state index contributed by atoms with van der Waals surface area (Å²) < 4.78 is 29.0. The quantitative estimate of drug-likeness (QED) is 0.750. The third-order valence-electron chi connectivity index (χ3n) is 3.26. The number of aromatic nitrogens is 2. The van der Waals surface area contributed by atoms with E-state index in [-0.39, 0.29) is 10.8 Å². The number of benzene rings is 1. The van der Waals surface area contributed by atoms with Crippen molar-refractivity contribution in [1.82, 2.24) is 14.3 Å². The van der Waals surface area contributed by atoms with Gasteiger partial charge in [-0.3, -0.25) is 4.79 Å². The van der Waals surface area contributed by atoms with Crippen molar-refractivity contribution in [2.45, 2.75) is 31.7 Å². The van der Waals surface area contributed by atoms with Crippen LogP contribution < -0.4 is 10.0 Å². The summed E-state index contributed by atoms with van der Waals surface area (Å²) in [5.74, 6) is -0.193. The Morgan fingerprint density at radius 2 is 2.13 bits per heavy atom. The van der Waals surface area contributed by atoms with Gasteiger partial charge in [-0.05, 0) is 37.1 Å². The van der Waals surface area contributed by atoms with Gasteiger partial charge < -0.3 is 9.88 Å². The topological polar surface area (TPSA) is 93.1 Å². The predicted octanol–water partition coefficient (Wildman–Crippen LogP) is 1.52. The zero-order valence-corrected chi connectivity index (χ0v) is 13.9. The van der Waals surface area contributed by atoms with E-state index in [0.29, 0.717) is 30.8 Å². The molecule has 0 spiro atoms. The van der Waals surface area contributed by atoms with Crippen molar-refractivity contribution in [3.8, 4) is 0 Å². The van der Waals surface area contributed by atoms with Gasteiger partial charge in [0.2, 0.25) is 15.9 Å². The van der Waals surface area contributed by atoms with Crippen molar-refractivity contribution in [3.05, 3.63) is 42.5 Å². The minimum atomic E-state index is -3.56. The molecule has 8 heteroatoms. The zero-order chi connectivity index (χ0) is 16.9. The molecule has 0 radical (unpaired) electrons. The van der Waals surface area contributed by atoms with E-state index >= 15 is 0 Å². The van der Waals surface area contributed by atoms with Crippen LogP contribution in [0.3, 0.4) is 0 Å². The summed E-state index contributed by atoms with van der Waals surface area (Å²) in [6.07, 6.45) is 5.87. The van der Waals surface area contributed by atoms with Crippen molar-refractivity contribution in [1.29, 1.82) is 0 Å². The van der Waals surface area contributed by atoms with Gasteiger partial charge >= 0.3 is 0 Å². The van der Waals surface area contributed by atoms with Crippen molar-refractivity contribution in [2.24, 2.45) is 0 Å². The smallest absolute Gasteiger partial charge is 0.240 e. The fraction of sp³-hybridized carbons (Fsp3) is 0.333. The molecule has 0 saturated carbocycles. The van der Waals surface area contributed by atoms with E-state index in [2.05, 4.69) is 15.0 Å². The maximum Gasteiger partial charge on any atom is 0.240 e. The molecule has 0 aliphatic rings. The number of nitrogens with zero attached hydrogens (tertiary/aromatic N) is 2. The molecule has 0 saturated heterocycles. The Morgan fingerprint density at radius 3 is 2.74 bits per heavy atom. The maximum absolute atomic E-state index is 12.3. The second-order valence-electron chi connectivity index (χ2n) is 5.21. The number of sulfonamides is 1. The lowest BCUT2D eigenvalue weighted by molar-refractivity contribution is -0.114. The molecule has 0 aliphatic carbocycles. The summed E-state index contributed by atoms with van der Waals surface area (Å²) in [5, 5.41) is 2.66. The molecule has 0 bridgehead atoms. The summed E-state index contributed by atoms with van der Waals surface area (Å²) in [7, 11) is -3.56. The van der Waals surface area contributed by atoms with Gasteiger partial charge in [0.15, 0.2) is 0 Å². The Balaban J connectivity index is 1.96. The first-order valence-corrected chi connectivity index (χ1v) is 8.70. The largest absolute Gasteiger partial charge is 0.337 e. The van der Waals surface area contributed by atoms with Crippen LogP contribution >= 0.6 is 0 Å². The van der Waals surface area contributed by atoms with E-state index in [0.717, 1.165) is 0 Å². The molecule has 1 heterocycles. The normalized spacial score (nSPS) is 11.4. The van der Waals surface area contributed by atoms with Gasteiger partial charge in [0, 0.05) is 38.1 Å². The van der Waals surface area contributed by atoms with Crippen LogP contribution in [-0.4, -0.2) is 30.4 Å². The minimum absolute atomic E-state index is 0.187. The maximum atomic E-state index is 12.3. The lowest BCUT2D eigenvalue weighted by atomic mass is 10.2. The highest BCUT2D eigenvalue weighted by Crippen LogP contribution is 2.19. The number of nitrogens with one attached hydrogen (secondary N) is 2. The Labute approximate surface area is 135 Å². The van der Waals surface area contributed by atoms with Crippen LogP contribution in [0, 0.1) is 6.92 Å². The summed E-state index contributed by atoms with van der Waals surface area (Å²) in [5.41, 5.74) is 1.30. The molecule has 1 aromatic heterocycles. The fourth-order valence-electron chi connectivity index (χ4n) is 2.10. The first kappa shape index (κ1) is 17.2. The molecule has 2 N–H and O–H groups in total. The van der Waals surface area contributed by atoms with Gasteiger partial charge in [-0.15, -0.1) is 0 Å². The van der Waals surface area contributed by atoms with Gasteiger partial charge in [0.05, 0.1) is 11.2 Å². The first-order chi connectivity index (χ1) is 10.9. The van der Waals surface area contributed by atoms with Gasteiger partial charge in [-0.1, -0.05) is 0 Å². The summed E-state index contributed by atoms with van der Waals surface area (Å²) in [4.78, 5) is 15.2. The third kappa shape index (κ3) is 4.90. The number of amides is 1. The average molecular weight is 336 g/mol. The van der Waals surface area contributed by atoms with Crippen molar-refractivity contribution < 1.29 is 13.2 Å². The number of hydrogen-bond donors (Lipinski definition) is 2. The molecule has 124 valence electrons. The van der Waals surface area contributed by atoms with Crippen LogP contribution in [0.2, 0.25) is 0 Å². The molecule has 0 unspecified atom stereocenters. The molecule has 0 aliphatic heterocycles. The summed E-state index contributed by atoms with van der Waals surface area (Å²) in [6, 6.07) is 4.62. The van der Waals surface area contributed by atoms with Gasteiger partial charge in [0.25, 0.3) is 0 Å². The van der Waals surface area contributed by atoms with Crippen molar-refractivity contribution in [3.63, 3.8) is 0 Å². The van der Waals surface area contributed by atoms with E-state index in [9.17, 15) is 13.2 Å². The zero-order valence-electron chi connectivity index (χ0n) is 13.1. The van der Waals surface area contributed by atoms with Gasteiger partial charge in [-0.2, -0.15) is 0 Å². The molecule has 2 rings (SSSR count). The Morgan fingerprint density at radius 1 is 1.35 bits per heavy atom. The second kappa shape index (κ2) is 7.38. The number of carbonyl (C=O) groups excluding carboxylic acids is 1. The van der Waals surface area contributed by atoms with Crippen LogP contribution in [0.5, 0.6) is 0 Å². The van der Waals surface area contributed by atoms with Crippen LogP contribution in [-0.2, 0) is 21.4 Å². The Bertz CT molecular complexity index is 770. The Hall–Kier alpha value is -2.19. The number of hydrogen-bond acceptors (Lipinski definition) is 4. The molecule has 1 amide bonds. The van der Waals surface area contributed by atoms with Crippen molar-refractivity contribution in [2.75, 3.05) is 11.9 Å². The van der Waals surface area contributed by atoms with Gasteiger partial charge in [0.1, 0.15) is 0 Å². The third-order valence-corrected chi connectivity index (χ3v) is 4.72. The average Bonchev–Trinajstić information content (AvgIpc) is 2.98. The summed E-state index contributed by atoms with van der Waals surface area (Å²) >= 11 is 0. The van der Waals surface area contributed by atoms with Crippen LogP contribution in [0.4, 0.5) is 5.69 Å². The molecule has 2 aromatic rings. The highest BCUT2D eigenvalue weighted by Gasteiger charge is 2.14. The molecular weight excluding hydrogens is 316 g/mol. The van der Waals surface area contributed by atoms with Crippen LogP contribution in [0.25, 0.3) is 0 Å². The standard InChI is InChI=1S/C15H20N4O3S/c1-12-10-14(4-5-15(12)18-13(2)20)23(21,22)17-6-3-8-19-9-7-16-11-19/h4-5,7,9-11,17H,3,6,8H2,1-2H3,(H,18,20). The van der Waals surface area contributed by atoms with Gasteiger partial charge in [-0.25, -0.2) is 18.1 Å². The number of carbonyl (C=O) groups is 1. The SMILES string of the molecule is CC(=O)Nc1ccc(S(=O)(=O)NCCCn2ccnc2)cc1C. The van der Waals surface area contributed by atoms with Crippen LogP contribution in [0.1, 0.15) is 18.9 Å². The molecular formula is C15H20N4O3S. The predicted molar refractivity (Wildman–Crippen MR) is 87.5 cm³/mol. The van der Waals surface area contributed by atoms with Crippen LogP contribution in [0.15, 0.2) is 41.8 Å². The molecule has 23 heavy (non-hydrogen) atoms. The number of anilines is 1. The Kier molecular flexibility index (Phi) is 5.51. The first-order valence-electron chi connectivity index (χ1n) is 7.22. The molecule has 7 nitrogen and oxygen atoms in total. The van der Waals surface area contributed by atoms with Crippen molar-refractivity contribution >= 4 is 21.6 Å². The second-order valence-corrected chi connectivity index (χ2v) is 6.98. The molecule has 0 atom stereocenters. The monoisotopic (exact) mass is 336 g/mol. The lowest BCUT2D eigenvalue weighted by Gasteiger charge is -2.10. The van der Waals surface area contributed by atoms with E-state index in [1.54, 1.807) is 31.6 Å². The number of imidazole rings is 1. The van der Waals surface area contributed by atoms with E-state index in [4.69, 9.17) is 0 Å². The van der Waals surface area contributed by atoms with E-state index in [1.807, 2.05) is 10.8 Å². The fourth-order valence-corrected chi connectivity index (χ4v) is 3.26. The highest BCUT2D eigenvalue weighted by molar-refractivity contribution is 7.89. The number of rotatable bonds is 7. The highest BCUT2D eigenvalue weighted by atomic mass is 32.2. The summed E-state index contributed by atoms with van der Waals surface area (Å²) in [6.45, 7) is 4.20. The van der Waals surface area contributed by atoms with E-state index < -0.39 is 10.0 Å². The number of aryl methyl sites for hydroxylation is 2.